The summed E-state index contributed by atoms with van der Waals surface area (Å²) in [7, 11) is 0. The number of aryl methyl sites for hydroxylation is 1. The molecule has 2 rings (SSSR count). The Kier molecular flexibility index (Phi) is 3.10. The van der Waals surface area contributed by atoms with Crippen LogP contribution in [0.1, 0.15) is 25.1 Å². The summed E-state index contributed by atoms with van der Waals surface area (Å²) in [6, 6.07) is 5.70. The third-order valence-electron chi connectivity index (χ3n) is 2.89. The van der Waals surface area contributed by atoms with Gasteiger partial charge in [-0.2, -0.15) is 0 Å². The molecule has 1 amide bonds. The summed E-state index contributed by atoms with van der Waals surface area (Å²) in [4.78, 5) is 14.0. The van der Waals surface area contributed by atoms with Crippen molar-refractivity contribution in [3.05, 3.63) is 36.0 Å². The first-order chi connectivity index (χ1) is 8.51. The van der Waals surface area contributed by atoms with E-state index < -0.39 is 6.09 Å². The molecule has 0 atom stereocenters. The second-order valence-corrected chi connectivity index (χ2v) is 4.34. The number of H-pyrrole nitrogens is 1. The number of nitrogens with one attached hydrogen (secondary N) is 2. The van der Waals surface area contributed by atoms with E-state index in [1.807, 2.05) is 13.0 Å². The van der Waals surface area contributed by atoms with E-state index in [2.05, 4.69) is 29.9 Å². The molecular weight excluding hydrogens is 228 g/mol. The Balaban J connectivity index is 2.64. The van der Waals surface area contributed by atoms with Gasteiger partial charge in [-0.05, 0) is 37.1 Å². The molecule has 94 valence electrons. The normalized spacial score (nSPS) is 10.6. The average molecular weight is 244 g/mol. The Labute approximate surface area is 105 Å². The van der Waals surface area contributed by atoms with E-state index in [9.17, 15) is 4.79 Å². The Morgan fingerprint density at radius 1 is 1.44 bits per heavy atom. The summed E-state index contributed by atoms with van der Waals surface area (Å²) in [5.41, 5.74) is 4.48. The maximum absolute atomic E-state index is 10.7. The lowest BCUT2D eigenvalue weighted by Crippen LogP contribution is -2.07. The molecule has 1 aromatic heterocycles. The molecule has 3 N–H and O–H groups in total. The molecule has 0 bridgehead atoms. The van der Waals surface area contributed by atoms with Crippen LogP contribution in [0.15, 0.2) is 24.8 Å². The number of fused-ring (bicyclic) bond motifs is 1. The Hall–Kier alpha value is -2.23. The first-order valence-corrected chi connectivity index (χ1v) is 5.82. The van der Waals surface area contributed by atoms with E-state index in [1.165, 1.54) is 0 Å². The second-order valence-electron chi connectivity index (χ2n) is 4.34. The minimum Gasteiger partial charge on any atom is -0.465 e. The lowest BCUT2D eigenvalue weighted by atomic mass is 10.0. The van der Waals surface area contributed by atoms with E-state index in [0.29, 0.717) is 5.69 Å². The van der Waals surface area contributed by atoms with Crippen molar-refractivity contribution in [2.45, 2.75) is 20.3 Å². The minimum atomic E-state index is -1.07. The van der Waals surface area contributed by atoms with E-state index in [-0.39, 0.29) is 0 Å². The molecule has 0 unspecified atom stereocenters. The number of carbonyl (C=O) groups is 1. The van der Waals surface area contributed by atoms with Gasteiger partial charge < -0.3 is 10.1 Å². The van der Waals surface area contributed by atoms with Gasteiger partial charge in [-0.15, -0.1) is 0 Å². The van der Waals surface area contributed by atoms with Crippen LogP contribution < -0.4 is 5.32 Å². The minimum absolute atomic E-state index is 0.553. The van der Waals surface area contributed by atoms with E-state index in [4.69, 9.17) is 5.11 Å². The van der Waals surface area contributed by atoms with Gasteiger partial charge in [0, 0.05) is 22.3 Å². The van der Waals surface area contributed by atoms with Crippen LogP contribution in [0.3, 0.4) is 0 Å². The number of carboxylic acid groups (broad SMARTS) is 1. The number of anilines is 1. The van der Waals surface area contributed by atoms with Gasteiger partial charge in [0.1, 0.15) is 0 Å². The third kappa shape index (κ3) is 2.22. The van der Waals surface area contributed by atoms with Crippen LogP contribution in [-0.4, -0.2) is 16.2 Å². The smallest absolute Gasteiger partial charge is 0.409 e. The fraction of sp³-hybridized carbons (Fsp3) is 0.214. The van der Waals surface area contributed by atoms with Gasteiger partial charge in [0.25, 0.3) is 0 Å². The summed E-state index contributed by atoms with van der Waals surface area (Å²) in [5, 5.41) is 12.2. The van der Waals surface area contributed by atoms with Gasteiger partial charge in [0.15, 0.2) is 0 Å². The van der Waals surface area contributed by atoms with Gasteiger partial charge >= 0.3 is 6.09 Å². The summed E-state index contributed by atoms with van der Waals surface area (Å²) in [6.07, 6.45) is -0.157. The standard InChI is InChI=1S/C14H16N2O2/c1-4-9-5-12-11(8(2)3)6-10(16-14(17)18)7-13(12)15-9/h5-7,15-16H,2,4H2,1,3H3,(H,17,18). The Bertz CT molecular complexity index is 626. The summed E-state index contributed by atoms with van der Waals surface area (Å²) < 4.78 is 0. The topological polar surface area (TPSA) is 65.1 Å². The monoisotopic (exact) mass is 244 g/mol. The third-order valence-corrected chi connectivity index (χ3v) is 2.89. The first kappa shape index (κ1) is 12.2. The highest BCUT2D eigenvalue weighted by atomic mass is 16.4. The van der Waals surface area contributed by atoms with E-state index >= 15 is 0 Å². The van der Waals surface area contributed by atoms with Crippen LogP contribution in [0.5, 0.6) is 0 Å². The van der Waals surface area contributed by atoms with Crippen molar-refractivity contribution in [2.24, 2.45) is 0 Å². The Morgan fingerprint density at radius 2 is 2.17 bits per heavy atom. The molecule has 0 aliphatic heterocycles. The molecule has 1 aromatic carbocycles. The van der Waals surface area contributed by atoms with Gasteiger partial charge in [0.2, 0.25) is 0 Å². The van der Waals surface area contributed by atoms with Crippen molar-refractivity contribution in [3.8, 4) is 0 Å². The fourth-order valence-electron chi connectivity index (χ4n) is 2.03. The maximum Gasteiger partial charge on any atom is 0.409 e. The number of allylic oxidation sites excluding steroid dienone is 1. The second kappa shape index (κ2) is 4.56. The van der Waals surface area contributed by atoms with Crippen molar-refractivity contribution in [2.75, 3.05) is 5.32 Å². The van der Waals surface area contributed by atoms with Crippen molar-refractivity contribution in [1.82, 2.24) is 4.98 Å². The van der Waals surface area contributed by atoms with Crippen LogP contribution in [0, 0.1) is 0 Å². The molecule has 0 saturated heterocycles. The lowest BCUT2D eigenvalue weighted by Gasteiger charge is -2.07. The Morgan fingerprint density at radius 3 is 2.72 bits per heavy atom. The number of rotatable bonds is 3. The van der Waals surface area contributed by atoms with Crippen LogP contribution in [0.2, 0.25) is 0 Å². The largest absolute Gasteiger partial charge is 0.465 e. The number of aromatic amines is 1. The number of hydrogen-bond donors (Lipinski definition) is 3. The van der Waals surface area contributed by atoms with Crippen molar-refractivity contribution < 1.29 is 9.90 Å². The van der Waals surface area contributed by atoms with Gasteiger partial charge in [0.05, 0.1) is 0 Å². The van der Waals surface area contributed by atoms with Gasteiger partial charge in [-0.25, -0.2) is 4.79 Å². The van der Waals surface area contributed by atoms with E-state index in [1.54, 1.807) is 6.07 Å². The summed E-state index contributed by atoms with van der Waals surface area (Å²) in [5.74, 6) is 0. The molecule has 0 aliphatic carbocycles. The van der Waals surface area contributed by atoms with Crippen LogP contribution in [0.25, 0.3) is 16.5 Å². The molecule has 0 aliphatic rings. The molecule has 0 spiro atoms. The van der Waals surface area contributed by atoms with Crippen LogP contribution >= 0.6 is 0 Å². The molecule has 4 nitrogen and oxygen atoms in total. The van der Waals surface area contributed by atoms with Crippen LogP contribution in [-0.2, 0) is 6.42 Å². The van der Waals surface area contributed by atoms with Crippen LogP contribution in [0.4, 0.5) is 10.5 Å². The first-order valence-electron chi connectivity index (χ1n) is 5.82. The molecular formula is C14H16N2O2. The van der Waals surface area contributed by atoms with Gasteiger partial charge in [-0.1, -0.05) is 19.1 Å². The predicted molar refractivity (Wildman–Crippen MR) is 74.0 cm³/mol. The zero-order valence-electron chi connectivity index (χ0n) is 10.5. The summed E-state index contributed by atoms with van der Waals surface area (Å²) >= 11 is 0. The van der Waals surface area contributed by atoms with Crippen molar-refractivity contribution in [1.29, 1.82) is 0 Å². The molecule has 1 heterocycles. The SMILES string of the molecule is C=C(C)c1cc(NC(=O)O)cc2[nH]c(CC)cc12. The average Bonchev–Trinajstić information content (AvgIpc) is 2.69. The number of benzene rings is 1. The maximum atomic E-state index is 10.7. The summed E-state index contributed by atoms with van der Waals surface area (Å²) in [6.45, 7) is 7.93. The van der Waals surface area contributed by atoms with Gasteiger partial charge in [-0.3, -0.25) is 5.32 Å². The number of hydrogen-bond acceptors (Lipinski definition) is 1. The highest BCUT2D eigenvalue weighted by Crippen LogP contribution is 2.29. The zero-order valence-corrected chi connectivity index (χ0v) is 10.5. The molecule has 2 aromatic rings. The molecule has 0 radical (unpaired) electrons. The molecule has 0 fully saturated rings. The van der Waals surface area contributed by atoms with E-state index in [0.717, 1.165) is 34.2 Å². The van der Waals surface area contributed by atoms with Crippen molar-refractivity contribution in [3.63, 3.8) is 0 Å². The van der Waals surface area contributed by atoms with Crippen molar-refractivity contribution >= 4 is 28.3 Å². The molecule has 4 heteroatoms. The fourth-order valence-corrected chi connectivity index (χ4v) is 2.03. The predicted octanol–water partition coefficient (Wildman–Crippen LogP) is 3.85. The highest BCUT2D eigenvalue weighted by Gasteiger charge is 2.09. The highest BCUT2D eigenvalue weighted by molar-refractivity contribution is 5.97. The quantitative estimate of drug-likeness (QED) is 0.767. The zero-order chi connectivity index (χ0) is 13.3. The number of amides is 1. The number of aromatic nitrogens is 1. The molecule has 18 heavy (non-hydrogen) atoms. The molecule has 0 saturated carbocycles. The lowest BCUT2D eigenvalue weighted by molar-refractivity contribution is 0.210.